The van der Waals surface area contributed by atoms with E-state index < -0.39 is 11.6 Å². The molecular formula is C12H20O4. The molecule has 0 aromatic rings. The second kappa shape index (κ2) is 3.67. The Morgan fingerprint density at radius 1 is 0.750 bits per heavy atom. The summed E-state index contributed by atoms with van der Waals surface area (Å²) in [7, 11) is 0. The average Bonchev–Trinajstić information content (AvgIpc) is 2.25. The van der Waals surface area contributed by atoms with Crippen LogP contribution >= 0.6 is 0 Å². The molecule has 0 bridgehead atoms. The van der Waals surface area contributed by atoms with Crippen molar-refractivity contribution in [3.8, 4) is 0 Å². The summed E-state index contributed by atoms with van der Waals surface area (Å²) in [6, 6.07) is 0. The molecule has 16 heavy (non-hydrogen) atoms. The van der Waals surface area contributed by atoms with Gasteiger partial charge in [-0.25, -0.2) is 0 Å². The predicted octanol–water partition coefficient (Wildman–Crippen LogP) is 1.30. The van der Waals surface area contributed by atoms with Crippen molar-refractivity contribution in [3.05, 3.63) is 0 Å². The predicted molar refractivity (Wildman–Crippen MR) is 56.6 cm³/mol. The van der Waals surface area contributed by atoms with Crippen LogP contribution in [0.4, 0.5) is 0 Å². The molecule has 2 saturated carbocycles. The fourth-order valence-corrected chi connectivity index (χ4v) is 3.25. The normalized spacial score (nSPS) is 52.9. The number of rotatable bonds is 0. The minimum atomic E-state index is -1.15. The van der Waals surface area contributed by atoms with Crippen molar-refractivity contribution in [1.29, 1.82) is 0 Å². The zero-order valence-corrected chi connectivity index (χ0v) is 9.52. The summed E-state index contributed by atoms with van der Waals surface area (Å²) in [5.74, 6) is -2.29. The lowest BCUT2D eigenvalue weighted by Gasteiger charge is -2.54. The first-order valence-electron chi connectivity index (χ1n) is 6.43. The van der Waals surface area contributed by atoms with Gasteiger partial charge in [-0.3, -0.25) is 0 Å². The van der Waals surface area contributed by atoms with Crippen molar-refractivity contribution < 1.29 is 19.7 Å². The Kier molecular flexibility index (Phi) is 2.51. The van der Waals surface area contributed by atoms with E-state index in [9.17, 15) is 10.2 Å². The minimum Gasteiger partial charge on any atom is -0.363 e. The van der Waals surface area contributed by atoms with E-state index in [1.54, 1.807) is 0 Å². The van der Waals surface area contributed by atoms with Crippen LogP contribution in [0.25, 0.3) is 0 Å². The van der Waals surface area contributed by atoms with E-state index in [0.29, 0.717) is 12.8 Å². The van der Waals surface area contributed by atoms with Crippen molar-refractivity contribution in [2.24, 2.45) is 0 Å². The zero-order valence-electron chi connectivity index (χ0n) is 9.52. The Balaban J connectivity index is 1.83. The Hall–Kier alpha value is -0.160. The molecule has 4 atom stereocenters. The van der Waals surface area contributed by atoms with Gasteiger partial charge in [0.05, 0.1) is 0 Å². The number of aliphatic hydroxyl groups is 2. The Morgan fingerprint density at radius 3 is 1.62 bits per heavy atom. The summed E-state index contributed by atoms with van der Waals surface area (Å²) < 4.78 is 11.5. The second-order valence-corrected chi connectivity index (χ2v) is 5.39. The molecule has 1 heterocycles. The first-order valence-corrected chi connectivity index (χ1v) is 6.43. The van der Waals surface area contributed by atoms with Crippen LogP contribution in [0.15, 0.2) is 0 Å². The third-order valence-corrected chi connectivity index (χ3v) is 4.20. The summed E-state index contributed by atoms with van der Waals surface area (Å²) in [5.41, 5.74) is 0. The first-order chi connectivity index (χ1) is 7.62. The van der Waals surface area contributed by atoms with Crippen molar-refractivity contribution in [2.75, 3.05) is 0 Å². The largest absolute Gasteiger partial charge is 0.363 e. The topological polar surface area (TPSA) is 58.9 Å². The summed E-state index contributed by atoms with van der Waals surface area (Å²) in [6.07, 6.45) is 6.16. The lowest BCUT2D eigenvalue weighted by Crippen LogP contribution is -2.65. The van der Waals surface area contributed by atoms with Gasteiger partial charge in [-0.2, -0.15) is 0 Å². The third kappa shape index (κ3) is 1.59. The average molecular weight is 228 g/mol. The monoisotopic (exact) mass is 228 g/mol. The second-order valence-electron chi connectivity index (χ2n) is 5.39. The van der Waals surface area contributed by atoms with Gasteiger partial charge in [0, 0.05) is 12.8 Å². The fourth-order valence-electron chi connectivity index (χ4n) is 3.25. The molecule has 1 saturated heterocycles. The quantitative estimate of drug-likeness (QED) is 0.656. The minimum absolute atomic E-state index is 0.347. The van der Waals surface area contributed by atoms with Crippen molar-refractivity contribution in [1.82, 2.24) is 0 Å². The molecule has 3 rings (SSSR count). The molecule has 0 aromatic heterocycles. The zero-order chi connectivity index (χ0) is 11.2. The lowest BCUT2D eigenvalue weighted by atomic mass is 9.84. The van der Waals surface area contributed by atoms with E-state index in [1.807, 2.05) is 0 Å². The van der Waals surface area contributed by atoms with Crippen LogP contribution in [-0.2, 0) is 9.47 Å². The summed E-state index contributed by atoms with van der Waals surface area (Å²) in [4.78, 5) is 0. The van der Waals surface area contributed by atoms with Gasteiger partial charge < -0.3 is 19.7 Å². The Morgan fingerprint density at radius 2 is 1.19 bits per heavy atom. The molecule has 0 unspecified atom stereocenters. The van der Waals surface area contributed by atoms with Crippen LogP contribution < -0.4 is 0 Å². The van der Waals surface area contributed by atoms with E-state index in [0.717, 1.165) is 38.5 Å². The molecule has 2 aliphatic carbocycles. The molecule has 3 aliphatic rings. The van der Waals surface area contributed by atoms with Gasteiger partial charge in [0.15, 0.2) is 11.6 Å². The highest BCUT2D eigenvalue weighted by atomic mass is 16.7. The van der Waals surface area contributed by atoms with Gasteiger partial charge in [-0.15, -0.1) is 0 Å². The third-order valence-electron chi connectivity index (χ3n) is 4.20. The molecule has 0 spiro atoms. The molecule has 4 heteroatoms. The van der Waals surface area contributed by atoms with E-state index in [2.05, 4.69) is 0 Å². The van der Waals surface area contributed by atoms with Gasteiger partial charge in [0.25, 0.3) is 0 Å². The van der Waals surface area contributed by atoms with Gasteiger partial charge in [0.2, 0.25) is 0 Å². The summed E-state index contributed by atoms with van der Waals surface area (Å²) >= 11 is 0. The maximum absolute atomic E-state index is 10.4. The van der Waals surface area contributed by atoms with Crippen molar-refractivity contribution in [2.45, 2.75) is 75.1 Å². The maximum Gasteiger partial charge on any atom is 0.192 e. The molecule has 2 N–H and O–H groups in total. The van der Waals surface area contributed by atoms with Crippen LogP contribution in [0.3, 0.4) is 0 Å². The SMILES string of the molecule is O[C@@]12CCCC[C@@H]1O[C@]1(O)CCCC[C@@H]1O2. The number of hydrogen-bond donors (Lipinski definition) is 2. The van der Waals surface area contributed by atoms with Gasteiger partial charge in [0.1, 0.15) is 12.2 Å². The van der Waals surface area contributed by atoms with E-state index in [-0.39, 0.29) is 12.2 Å². The van der Waals surface area contributed by atoms with Gasteiger partial charge >= 0.3 is 0 Å². The lowest BCUT2D eigenvalue weighted by molar-refractivity contribution is -0.436. The molecule has 4 nitrogen and oxygen atoms in total. The van der Waals surface area contributed by atoms with E-state index >= 15 is 0 Å². The molecule has 0 amide bonds. The summed E-state index contributed by atoms with van der Waals surface area (Å²) in [6.45, 7) is 0. The smallest absolute Gasteiger partial charge is 0.192 e. The van der Waals surface area contributed by atoms with Crippen molar-refractivity contribution >= 4 is 0 Å². The number of hydrogen-bond acceptors (Lipinski definition) is 4. The highest BCUT2D eigenvalue weighted by molar-refractivity contribution is 4.96. The summed E-state index contributed by atoms with van der Waals surface area (Å²) in [5, 5.41) is 20.8. The molecule has 0 aromatic carbocycles. The molecule has 3 fully saturated rings. The van der Waals surface area contributed by atoms with Crippen molar-refractivity contribution in [3.63, 3.8) is 0 Å². The van der Waals surface area contributed by atoms with Crippen LogP contribution in [0, 0.1) is 0 Å². The fraction of sp³-hybridized carbons (Fsp3) is 1.00. The first kappa shape index (κ1) is 11.0. The molecule has 92 valence electrons. The number of ether oxygens (including phenoxy) is 2. The van der Waals surface area contributed by atoms with E-state index in [4.69, 9.17) is 9.47 Å². The Bertz CT molecular complexity index is 254. The number of fused-ring (bicyclic) bond motifs is 2. The van der Waals surface area contributed by atoms with Crippen LogP contribution in [0.2, 0.25) is 0 Å². The van der Waals surface area contributed by atoms with Crippen LogP contribution in [0.1, 0.15) is 51.4 Å². The highest BCUT2D eigenvalue weighted by Gasteiger charge is 2.56. The maximum atomic E-state index is 10.4. The van der Waals surface area contributed by atoms with Gasteiger partial charge in [-0.1, -0.05) is 12.8 Å². The molecule has 1 aliphatic heterocycles. The molecule has 0 radical (unpaired) electrons. The van der Waals surface area contributed by atoms with Crippen LogP contribution in [0.5, 0.6) is 0 Å². The van der Waals surface area contributed by atoms with E-state index in [1.165, 1.54) is 0 Å². The van der Waals surface area contributed by atoms with Gasteiger partial charge in [-0.05, 0) is 25.7 Å². The highest BCUT2D eigenvalue weighted by Crippen LogP contribution is 2.45. The Labute approximate surface area is 95.6 Å². The standard InChI is InChI=1S/C12H20O4/c13-11-7-3-1-5-9(11)15-12(14)8-4-2-6-10(12)16-11/h9-10,13-14H,1-8H2/t9-,10-,11+,12+/m0/s1. The molecular weight excluding hydrogens is 208 g/mol. The van der Waals surface area contributed by atoms with Crippen LogP contribution in [-0.4, -0.2) is 34.0 Å².